The van der Waals surface area contributed by atoms with Gasteiger partial charge in [0.1, 0.15) is 12.6 Å². The third-order valence-electron chi connectivity index (χ3n) is 8.02. The Morgan fingerprint density at radius 3 is 2.24 bits per heavy atom. The molecule has 1 fully saturated rings. The fourth-order valence-corrected chi connectivity index (χ4v) is 7.18. The summed E-state index contributed by atoms with van der Waals surface area (Å²) in [5, 5.41) is 3.20. The van der Waals surface area contributed by atoms with Crippen molar-refractivity contribution in [2.75, 3.05) is 10.8 Å². The van der Waals surface area contributed by atoms with Gasteiger partial charge in [-0.3, -0.25) is 13.9 Å². The van der Waals surface area contributed by atoms with Crippen molar-refractivity contribution in [1.82, 2.24) is 10.2 Å². The van der Waals surface area contributed by atoms with Crippen molar-refractivity contribution in [3.05, 3.63) is 95.1 Å². The van der Waals surface area contributed by atoms with Gasteiger partial charge in [-0.15, -0.1) is 0 Å². The number of carbonyl (C=O) groups excluding carboxylic acids is 2. The van der Waals surface area contributed by atoms with E-state index in [0.717, 1.165) is 47.9 Å². The summed E-state index contributed by atoms with van der Waals surface area (Å²) in [6.45, 7) is 7.38. The normalized spacial score (nSPS) is 14.7. The summed E-state index contributed by atoms with van der Waals surface area (Å²) in [6.07, 6.45) is 5.61. The van der Waals surface area contributed by atoms with Crippen LogP contribution in [0.25, 0.3) is 0 Å². The minimum atomic E-state index is -4.09. The van der Waals surface area contributed by atoms with E-state index in [1.807, 2.05) is 64.1 Å². The van der Waals surface area contributed by atoms with Crippen molar-refractivity contribution in [2.45, 2.75) is 89.7 Å². The molecule has 0 aromatic heterocycles. The van der Waals surface area contributed by atoms with E-state index in [1.54, 1.807) is 29.2 Å². The van der Waals surface area contributed by atoms with E-state index in [1.165, 1.54) is 22.9 Å². The molecular weight excluding hydrogens is 546 g/mol. The van der Waals surface area contributed by atoms with Gasteiger partial charge in [-0.25, -0.2) is 8.42 Å². The molecule has 1 aliphatic rings. The molecular formula is C34H43N3O4S. The third kappa shape index (κ3) is 7.59. The molecule has 3 aromatic carbocycles. The van der Waals surface area contributed by atoms with Gasteiger partial charge in [-0.2, -0.15) is 0 Å². The minimum Gasteiger partial charge on any atom is -0.352 e. The minimum absolute atomic E-state index is 0.0983. The van der Waals surface area contributed by atoms with Crippen LogP contribution in [0.3, 0.4) is 0 Å². The summed E-state index contributed by atoms with van der Waals surface area (Å²) in [5.41, 5.74) is 3.99. The lowest BCUT2D eigenvalue weighted by molar-refractivity contribution is -0.140. The smallest absolute Gasteiger partial charge is 0.264 e. The Balaban J connectivity index is 1.73. The van der Waals surface area contributed by atoms with Gasteiger partial charge < -0.3 is 10.2 Å². The predicted octanol–water partition coefficient (Wildman–Crippen LogP) is 6.06. The molecule has 1 N–H and O–H groups in total. The molecule has 0 heterocycles. The van der Waals surface area contributed by atoms with Crippen molar-refractivity contribution in [2.24, 2.45) is 0 Å². The van der Waals surface area contributed by atoms with Crippen LogP contribution in [-0.2, 0) is 26.2 Å². The van der Waals surface area contributed by atoms with Gasteiger partial charge in [0.25, 0.3) is 10.0 Å². The molecule has 0 spiro atoms. The zero-order chi connectivity index (χ0) is 30.3. The van der Waals surface area contributed by atoms with Crippen LogP contribution in [0, 0.1) is 20.8 Å². The van der Waals surface area contributed by atoms with E-state index in [-0.39, 0.29) is 23.4 Å². The highest BCUT2D eigenvalue weighted by atomic mass is 32.2. The molecule has 2 amide bonds. The number of anilines is 1. The monoisotopic (exact) mass is 589 g/mol. The van der Waals surface area contributed by atoms with Gasteiger partial charge in [-0.05, 0) is 74.9 Å². The Bertz CT molecular complexity index is 1480. The summed E-state index contributed by atoms with van der Waals surface area (Å²) >= 11 is 0. The quantitative estimate of drug-likeness (QED) is 0.294. The Labute approximate surface area is 251 Å². The topological polar surface area (TPSA) is 86.8 Å². The van der Waals surface area contributed by atoms with Gasteiger partial charge in [0, 0.05) is 12.6 Å². The number of aryl methyl sites for hydroxylation is 3. The number of hydrogen-bond donors (Lipinski definition) is 1. The highest BCUT2D eigenvalue weighted by Gasteiger charge is 2.35. The van der Waals surface area contributed by atoms with E-state index >= 15 is 0 Å². The molecule has 0 saturated heterocycles. The number of hydrogen-bond acceptors (Lipinski definition) is 4. The summed E-state index contributed by atoms with van der Waals surface area (Å²) < 4.78 is 29.3. The van der Waals surface area contributed by atoms with Gasteiger partial charge >= 0.3 is 0 Å². The molecule has 8 heteroatoms. The third-order valence-corrected chi connectivity index (χ3v) is 9.79. The molecule has 1 aliphatic carbocycles. The summed E-state index contributed by atoms with van der Waals surface area (Å²) in [5.74, 6) is -0.614. The molecule has 1 unspecified atom stereocenters. The molecule has 42 heavy (non-hydrogen) atoms. The molecule has 4 rings (SSSR count). The molecule has 3 aromatic rings. The van der Waals surface area contributed by atoms with Crippen molar-refractivity contribution < 1.29 is 18.0 Å². The number of amides is 2. The number of benzene rings is 3. The van der Waals surface area contributed by atoms with Gasteiger partial charge in [0.05, 0.1) is 10.6 Å². The first kappa shape index (κ1) is 31.3. The molecule has 1 atom stereocenters. The van der Waals surface area contributed by atoms with Crippen molar-refractivity contribution >= 4 is 27.5 Å². The second-order valence-electron chi connectivity index (χ2n) is 11.4. The van der Waals surface area contributed by atoms with E-state index in [0.29, 0.717) is 12.1 Å². The first-order valence-corrected chi connectivity index (χ1v) is 16.3. The number of nitrogens with zero attached hydrogens (tertiary/aromatic N) is 2. The highest BCUT2D eigenvalue weighted by Crippen LogP contribution is 2.29. The van der Waals surface area contributed by atoms with Crippen LogP contribution >= 0.6 is 0 Å². The van der Waals surface area contributed by atoms with Crippen LogP contribution in [0.2, 0.25) is 0 Å². The van der Waals surface area contributed by atoms with E-state index in [4.69, 9.17) is 0 Å². The zero-order valence-corrected chi connectivity index (χ0v) is 26.0. The number of carbonyl (C=O) groups is 2. The molecule has 1 saturated carbocycles. The van der Waals surface area contributed by atoms with Crippen LogP contribution < -0.4 is 9.62 Å². The van der Waals surface area contributed by atoms with Crippen LogP contribution in [0.5, 0.6) is 0 Å². The number of nitrogens with one attached hydrogen (secondary N) is 1. The summed E-state index contributed by atoms with van der Waals surface area (Å²) in [7, 11) is -4.09. The lowest BCUT2D eigenvalue weighted by Crippen LogP contribution is -2.54. The summed E-state index contributed by atoms with van der Waals surface area (Å²) in [6, 6.07) is 20.9. The van der Waals surface area contributed by atoms with Crippen molar-refractivity contribution in [3.63, 3.8) is 0 Å². The average molecular weight is 590 g/mol. The lowest BCUT2D eigenvalue weighted by atomic mass is 9.95. The Kier molecular flexibility index (Phi) is 10.4. The van der Waals surface area contributed by atoms with E-state index < -0.39 is 28.5 Å². The number of rotatable bonds is 11. The van der Waals surface area contributed by atoms with Gasteiger partial charge in [0.15, 0.2) is 0 Å². The zero-order valence-electron chi connectivity index (χ0n) is 25.2. The molecule has 224 valence electrons. The fourth-order valence-electron chi connectivity index (χ4n) is 5.69. The van der Waals surface area contributed by atoms with Gasteiger partial charge in [-0.1, -0.05) is 86.3 Å². The summed E-state index contributed by atoms with van der Waals surface area (Å²) in [4.78, 5) is 29.7. The molecule has 7 nitrogen and oxygen atoms in total. The standard InChI is InChI=1S/C34H43N3O4S/c1-5-31(34(39)35-29-15-8-6-9-16-29)36(23-28-14-12-13-25(2)21-28)33(38)24-37(32-22-26(3)19-20-27(32)4)42(40,41)30-17-10-7-11-18-30/h7,10-14,17-22,29,31H,5-6,8-9,15-16,23-24H2,1-4H3,(H,35,39). The van der Waals surface area contributed by atoms with E-state index in [9.17, 15) is 18.0 Å². The van der Waals surface area contributed by atoms with Crippen LogP contribution in [0.1, 0.15) is 67.7 Å². The maximum Gasteiger partial charge on any atom is 0.264 e. The number of sulfonamides is 1. The Morgan fingerprint density at radius 2 is 1.57 bits per heavy atom. The average Bonchev–Trinajstić information content (AvgIpc) is 2.98. The van der Waals surface area contributed by atoms with E-state index in [2.05, 4.69) is 5.32 Å². The highest BCUT2D eigenvalue weighted by molar-refractivity contribution is 7.92. The molecule has 0 bridgehead atoms. The first-order valence-electron chi connectivity index (χ1n) is 14.9. The van der Waals surface area contributed by atoms with Crippen molar-refractivity contribution in [1.29, 1.82) is 0 Å². The van der Waals surface area contributed by atoms with Crippen LogP contribution in [0.4, 0.5) is 5.69 Å². The molecule has 0 radical (unpaired) electrons. The second kappa shape index (κ2) is 14.0. The lowest BCUT2D eigenvalue weighted by Gasteiger charge is -2.35. The van der Waals surface area contributed by atoms with Crippen LogP contribution in [0.15, 0.2) is 77.7 Å². The van der Waals surface area contributed by atoms with Crippen LogP contribution in [-0.4, -0.2) is 43.8 Å². The maximum atomic E-state index is 14.3. The Morgan fingerprint density at radius 1 is 0.881 bits per heavy atom. The predicted molar refractivity (Wildman–Crippen MR) is 168 cm³/mol. The van der Waals surface area contributed by atoms with Crippen molar-refractivity contribution in [3.8, 4) is 0 Å². The molecule has 0 aliphatic heterocycles. The maximum absolute atomic E-state index is 14.3. The SMILES string of the molecule is CCC(C(=O)NC1CCCCC1)N(Cc1cccc(C)c1)C(=O)CN(c1cc(C)ccc1C)S(=O)(=O)c1ccccc1. The largest absolute Gasteiger partial charge is 0.352 e. The fraction of sp³-hybridized carbons (Fsp3) is 0.412. The second-order valence-corrected chi connectivity index (χ2v) is 13.3. The Hall–Kier alpha value is -3.65. The van der Waals surface area contributed by atoms with Gasteiger partial charge in [0.2, 0.25) is 11.8 Å². The first-order chi connectivity index (χ1) is 20.1.